The van der Waals surface area contributed by atoms with Crippen molar-refractivity contribution in [3.63, 3.8) is 0 Å². The van der Waals surface area contributed by atoms with Gasteiger partial charge in [0.2, 0.25) is 5.95 Å². The van der Waals surface area contributed by atoms with Crippen LogP contribution in [0, 0.1) is 24.2 Å². The van der Waals surface area contributed by atoms with E-state index in [1.54, 1.807) is 0 Å². The number of nitriles is 1. The Kier molecular flexibility index (Phi) is 4.09. The number of thiophene rings is 1. The third-order valence-electron chi connectivity index (χ3n) is 5.84. The van der Waals surface area contributed by atoms with Crippen LogP contribution in [0.3, 0.4) is 0 Å². The first-order chi connectivity index (χ1) is 13.2. The zero-order valence-electron chi connectivity index (χ0n) is 15.5. The van der Waals surface area contributed by atoms with Crippen LogP contribution in [0.25, 0.3) is 21.5 Å². The number of aryl methyl sites for hydroxylation is 3. The highest BCUT2D eigenvalue weighted by Crippen LogP contribution is 2.41. The molecule has 3 heterocycles. The van der Waals surface area contributed by atoms with Crippen molar-refractivity contribution in [2.24, 2.45) is 5.92 Å². The highest BCUT2D eigenvalue weighted by molar-refractivity contribution is 7.19. The largest absolute Gasteiger partial charge is 0.341 e. The van der Waals surface area contributed by atoms with E-state index in [0.29, 0.717) is 0 Å². The van der Waals surface area contributed by atoms with Gasteiger partial charge in [0.1, 0.15) is 4.83 Å². The normalized spacial score (nSPS) is 17.3. The van der Waals surface area contributed by atoms with Crippen molar-refractivity contribution >= 4 is 27.5 Å². The maximum atomic E-state index is 9.17. The highest BCUT2D eigenvalue weighted by atomic mass is 32.1. The van der Waals surface area contributed by atoms with E-state index in [-0.39, 0.29) is 5.92 Å². The first-order valence-electron chi connectivity index (χ1n) is 9.77. The van der Waals surface area contributed by atoms with E-state index >= 15 is 0 Å². The summed E-state index contributed by atoms with van der Waals surface area (Å²) in [6.07, 6.45) is 5.36. The molecule has 1 aliphatic carbocycles. The molecule has 0 unspecified atom stereocenters. The lowest BCUT2D eigenvalue weighted by Gasteiger charge is -2.29. The standard InChI is InChI=1S/C22H22N4S/c1-14-5-7-16(8-6-14)20-19-17-3-2-4-18(17)27-21(19)25-22(24-20)26-11-9-15(13-23)10-12-26/h5-8,15H,2-4,9-12H2,1H3. The third kappa shape index (κ3) is 2.89. The van der Waals surface area contributed by atoms with Crippen LogP contribution >= 0.6 is 11.3 Å². The number of rotatable bonds is 2. The lowest BCUT2D eigenvalue weighted by molar-refractivity contribution is 0.483. The molecule has 27 heavy (non-hydrogen) atoms. The van der Waals surface area contributed by atoms with Crippen molar-refractivity contribution in [3.8, 4) is 17.3 Å². The van der Waals surface area contributed by atoms with E-state index in [1.807, 2.05) is 11.3 Å². The predicted octanol–water partition coefficient (Wildman–Crippen LogP) is 4.90. The minimum absolute atomic E-state index is 0.173. The summed E-state index contributed by atoms with van der Waals surface area (Å²) in [6, 6.07) is 11.1. The van der Waals surface area contributed by atoms with E-state index in [2.05, 4.69) is 42.2 Å². The fourth-order valence-electron chi connectivity index (χ4n) is 4.25. The molecule has 2 aliphatic rings. The molecule has 0 spiro atoms. The van der Waals surface area contributed by atoms with Crippen molar-refractivity contribution in [2.45, 2.75) is 39.0 Å². The molecule has 0 atom stereocenters. The quantitative estimate of drug-likeness (QED) is 0.640. The van der Waals surface area contributed by atoms with Crippen LogP contribution in [0.15, 0.2) is 24.3 Å². The molecule has 0 saturated carbocycles. The van der Waals surface area contributed by atoms with Gasteiger partial charge in [-0.25, -0.2) is 9.97 Å². The zero-order chi connectivity index (χ0) is 18.4. The van der Waals surface area contributed by atoms with Crippen LogP contribution in [0.2, 0.25) is 0 Å². The highest BCUT2D eigenvalue weighted by Gasteiger charge is 2.26. The van der Waals surface area contributed by atoms with Gasteiger partial charge in [-0.05, 0) is 44.6 Å². The van der Waals surface area contributed by atoms with Gasteiger partial charge in [-0.3, -0.25) is 0 Å². The Labute approximate surface area is 163 Å². The van der Waals surface area contributed by atoms with Gasteiger partial charge in [-0.2, -0.15) is 5.26 Å². The Morgan fingerprint density at radius 2 is 1.89 bits per heavy atom. The van der Waals surface area contributed by atoms with Gasteiger partial charge in [0, 0.05) is 34.8 Å². The molecule has 1 aromatic carbocycles. The molecule has 5 heteroatoms. The monoisotopic (exact) mass is 374 g/mol. The lowest BCUT2D eigenvalue weighted by Crippen LogP contribution is -2.34. The molecular formula is C22H22N4S. The van der Waals surface area contributed by atoms with E-state index in [4.69, 9.17) is 9.97 Å². The Morgan fingerprint density at radius 1 is 1.11 bits per heavy atom. The van der Waals surface area contributed by atoms with Gasteiger partial charge >= 0.3 is 0 Å². The van der Waals surface area contributed by atoms with Crippen LogP contribution in [0.1, 0.15) is 35.3 Å². The van der Waals surface area contributed by atoms with E-state index in [1.165, 1.54) is 39.8 Å². The van der Waals surface area contributed by atoms with Crippen LogP contribution in [-0.4, -0.2) is 23.1 Å². The second-order valence-corrected chi connectivity index (χ2v) is 8.75. The summed E-state index contributed by atoms with van der Waals surface area (Å²) in [5.41, 5.74) is 4.99. The van der Waals surface area contributed by atoms with Gasteiger partial charge in [0.05, 0.1) is 11.8 Å². The first-order valence-corrected chi connectivity index (χ1v) is 10.6. The number of hydrogen-bond donors (Lipinski definition) is 0. The summed E-state index contributed by atoms with van der Waals surface area (Å²) in [6.45, 7) is 3.84. The molecule has 5 rings (SSSR count). The summed E-state index contributed by atoms with van der Waals surface area (Å²) in [4.78, 5) is 14.9. The topological polar surface area (TPSA) is 52.8 Å². The molecule has 1 fully saturated rings. The van der Waals surface area contributed by atoms with Crippen molar-refractivity contribution in [1.82, 2.24) is 9.97 Å². The predicted molar refractivity (Wildman–Crippen MR) is 110 cm³/mol. The first kappa shape index (κ1) is 16.7. The smallest absolute Gasteiger partial charge is 0.227 e. The van der Waals surface area contributed by atoms with E-state index < -0.39 is 0 Å². The van der Waals surface area contributed by atoms with Crippen LogP contribution in [0.4, 0.5) is 5.95 Å². The zero-order valence-corrected chi connectivity index (χ0v) is 16.4. The number of nitrogens with zero attached hydrogens (tertiary/aromatic N) is 4. The lowest BCUT2D eigenvalue weighted by atomic mass is 9.99. The molecule has 136 valence electrons. The second kappa shape index (κ2) is 6.61. The molecule has 0 N–H and O–H groups in total. The summed E-state index contributed by atoms with van der Waals surface area (Å²) in [5, 5.41) is 10.4. The number of benzene rings is 1. The Bertz CT molecular complexity index is 1040. The number of aromatic nitrogens is 2. The van der Waals surface area contributed by atoms with Crippen molar-refractivity contribution in [1.29, 1.82) is 5.26 Å². The minimum Gasteiger partial charge on any atom is -0.341 e. The van der Waals surface area contributed by atoms with Gasteiger partial charge in [0.15, 0.2) is 0 Å². The average Bonchev–Trinajstić information content (AvgIpc) is 3.29. The number of fused-ring (bicyclic) bond motifs is 3. The Morgan fingerprint density at radius 3 is 2.63 bits per heavy atom. The second-order valence-electron chi connectivity index (χ2n) is 7.67. The summed E-state index contributed by atoms with van der Waals surface area (Å²) in [7, 11) is 0. The van der Waals surface area contributed by atoms with Crippen LogP contribution in [-0.2, 0) is 12.8 Å². The maximum Gasteiger partial charge on any atom is 0.227 e. The average molecular weight is 375 g/mol. The SMILES string of the molecule is Cc1ccc(-c2nc(N3CCC(C#N)CC3)nc3sc4c(c23)CCC4)cc1. The molecular weight excluding hydrogens is 352 g/mol. The molecule has 0 amide bonds. The summed E-state index contributed by atoms with van der Waals surface area (Å²) >= 11 is 1.85. The maximum absolute atomic E-state index is 9.17. The molecule has 1 saturated heterocycles. The Hall–Kier alpha value is -2.45. The van der Waals surface area contributed by atoms with Crippen molar-refractivity contribution < 1.29 is 0 Å². The van der Waals surface area contributed by atoms with Gasteiger partial charge in [-0.15, -0.1) is 11.3 Å². The summed E-state index contributed by atoms with van der Waals surface area (Å²) in [5.74, 6) is 1.00. The number of hydrogen-bond acceptors (Lipinski definition) is 5. The molecule has 2 aromatic heterocycles. The molecule has 3 aromatic rings. The number of piperidine rings is 1. The van der Waals surface area contributed by atoms with Gasteiger partial charge in [-0.1, -0.05) is 29.8 Å². The van der Waals surface area contributed by atoms with E-state index in [9.17, 15) is 5.26 Å². The van der Waals surface area contributed by atoms with Crippen LogP contribution < -0.4 is 4.90 Å². The van der Waals surface area contributed by atoms with Crippen LogP contribution in [0.5, 0.6) is 0 Å². The van der Waals surface area contributed by atoms with Crippen molar-refractivity contribution in [2.75, 3.05) is 18.0 Å². The number of anilines is 1. The molecule has 4 nitrogen and oxygen atoms in total. The summed E-state index contributed by atoms with van der Waals surface area (Å²) < 4.78 is 0. The fourth-order valence-corrected chi connectivity index (χ4v) is 5.51. The third-order valence-corrected chi connectivity index (χ3v) is 7.02. The van der Waals surface area contributed by atoms with Gasteiger partial charge in [0.25, 0.3) is 0 Å². The molecule has 0 bridgehead atoms. The molecule has 1 aliphatic heterocycles. The minimum atomic E-state index is 0.173. The van der Waals surface area contributed by atoms with Gasteiger partial charge < -0.3 is 4.90 Å². The van der Waals surface area contributed by atoms with E-state index in [0.717, 1.165) is 48.8 Å². The Balaban J connectivity index is 1.64. The molecule has 0 radical (unpaired) electrons. The van der Waals surface area contributed by atoms with Crippen molar-refractivity contribution in [3.05, 3.63) is 40.3 Å². The fraction of sp³-hybridized carbons (Fsp3) is 0.409.